The van der Waals surface area contributed by atoms with Crippen molar-refractivity contribution in [2.75, 3.05) is 13.2 Å². The van der Waals surface area contributed by atoms with Gasteiger partial charge in [-0.1, -0.05) is 19.8 Å². The van der Waals surface area contributed by atoms with Crippen molar-refractivity contribution in [1.29, 1.82) is 0 Å². The molecule has 1 aliphatic carbocycles. The molecule has 1 fully saturated rings. The number of nitrogens with one attached hydrogen (secondary N) is 2. The molecule has 1 rings (SSSR count). The monoisotopic (exact) mass is 256 g/mol. The van der Waals surface area contributed by atoms with Gasteiger partial charge < -0.3 is 15.7 Å². The summed E-state index contributed by atoms with van der Waals surface area (Å²) in [4.78, 5) is 11.9. The van der Waals surface area contributed by atoms with E-state index in [9.17, 15) is 4.79 Å². The van der Waals surface area contributed by atoms with Gasteiger partial charge in [0.2, 0.25) is 5.91 Å². The minimum atomic E-state index is -0.116. The van der Waals surface area contributed by atoms with E-state index in [1.807, 2.05) is 13.8 Å². The van der Waals surface area contributed by atoms with Gasteiger partial charge in [0.15, 0.2) is 0 Å². The molecule has 0 radical (unpaired) electrons. The molecular formula is C14H28N2O2. The molecule has 2 atom stereocenters. The summed E-state index contributed by atoms with van der Waals surface area (Å²) in [5, 5.41) is 15.2. The number of aliphatic hydroxyl groups is 1. The highest BCUT2D eigenvalue weighted by molar-refractivity contribution is 5.81. The molecule has 1 amide bonds. The number of rotatable bonds is 8. The van der Waals surface area contributed by atoms with Crippen LogP contribution in [0.15, 0.2) is 0 Å². The highest BCUT2D eigenvalue weighted by Crippen LogP contribution is 2.17. The number of hydrogen-bond donors (Lipinski definition) is 3. The molecule has 4 nitrogen and oxygen atoms in total. The highest BCUT2D eigenvalue weighted by Gasteiger charge is 2.19. The summed E-state index contributed by atoms with van der Waals surface area (Å²) in [6.45, 7) is 5.04. The van der Waals surface area contributed by atoms with Crippen molar-refractivity contribution in [1.82, 2.24) is 10.6 Å². The summed E-state index contributed by atoms with van der Waals surface area (Å²) in [5.74, 6) is 0.478. The zero-order valence-corrected chi connectivity index (χ0v) is 11.7. The van der Waals surface area contributed by atoms with E-state index in [-0.39, 0.29) is 18.6 Å². The summed E-state index contributed by atoms with van der Waals surface area (Å²) in [5.41, 5.74) is 0. The molecule has 0 spiro atoms. The van der Waals surface area contributed by atoms with Gasteiger partial charge in [-0.15, -0.1) is 0 Å². The fourth-order valence-electron chi connectivity index (χ4n) is 2.35. The second kappa shape index (κ2) is 8.48. The maximum Gasteiger partial charge on any atom is 0.237 e. The Bertz CT molecular complexity index is 240. The lowest BCUT2D eigenvalue weighted by molar-refractivity contribution is -0.123. The van der Waals surface area contributed by atoms with Crippen LogP contribution in [-0.2, 0) is 4.79 Å². The lowest BCUT2D eigenvalue weighted by Crippen LogP contribution is -2.45. The van der Waals surface area contributed by atoms with Gasteiger partial charge >= 0.3 is 0 Å². The van der Waals surface area contributed by atoms with Gasteiger partial charge in [-0.2, -0.15) is 0 Å². The van der Waals surface area contributed by atoms with E-state index in [2.05, 4.69) is 10.6 Å². The third-order valence-electron chi connectivity index (χ3n) is 3.73. The second-order valence-corrected chi connectivity index (χ2v) is 5.60. The molecule has 2 unspecified atom stereocenters. The van der Waals surface area contributed by atoms with Crippen molar-refractivity contribution >= 4 is 5.91 Å². The van der Waals surface area contributed by atoms with Gasteiger partial charge in [0.05, 0.1) is 6.04 Å². The molecule has 0 aliphatic heterocycles. The Hall–Kier alpha value is -0.610. The third-order valence-corrected chi connectivity index (χ3v) is 3.73. The van der Waals surface area contributed by atoms with Gasteiger partial charge in [0.1, 0.15) is 0 Å². The number of aliphatic hydroxyl groups excluding tert-OH is 1. The van der Waals surface area contributed by atoms with E-state index in [1.165, 1.54) is 12.8 Å². The van der Waals surface area contributed by atoms with Crippen LogP contribution in [0.4, 0.5) is 0 Å². The van der Waals surface area contributed by atoms with Crippen LogP contribution in [0.5, 0.6) is 0 Å². The minimum Gasteiger partial charge on any atom is -0.396 e. The Morgan fingerprint density at radius 3 is 2.61 bits per heavy atom. The molecule has 0 bridgehead atoms. The third kappa shape index (κ3) is 5.83. The van der Waals surface area contributed by atoms with Crippen molar-refractivity contribution in [2.45, 2.75) is 64.5 Å². The van der Waals surface area contributed by atoms with Crippen molar-refractivity contribution in [3.05, 3.63) is 0 Å². The Morgan fingerprint density at radius 1 is 1.33 bits per heavy atom. The maximum atomic E-state index is 11.9. The van der Waals surface area contributed by atoms with Gasteiger partial charge in [-0.25, -0.2) is 0 Å². The molecule has 1 aliphatic rings. The Labute approximate surface area is 111 Å². The molecule has 18 heavy (non-hydrogen) atoms. The normalized spacial score (nSPS) is 19.7. The lowest BCUT2D eigenvalue weighted by atomic mass is 10.1. The first-order valence-electron chi connectivity index (χ1n) is 7.28. The first-order chi connectivity index (χ1) is 8.63. The number of carbonyl (C=O) groups excluding carboxylic acids is 1. The van der Waals surface area contributed by atoms with E-state index in [1.54, 1.807) is 0 Å². The van der Waals surface area contributed by atoms with Crippen LogP contribution >= 0.6 is 0 Å². The summed E-state index contributed by atoms with van der Waals surface area (Å²) in [6.07, 6.45) is 6.75. The van der Waals surface area contributed by atoms with Crippen LogP contribution in [0, 0.1) is 5.92 Å². The maximum absolute atomic E-state index is 11.9. The average molecular weight is 256 g/mol. The zero-order valence-electron chi connectivity index (χ0n) is 11.7. The van der Waals surface area contributed by atoms with E-state index >= 15 is 0 Å². The SMILES string of the molecule is CC(CO)CCCNC(C)C(=O)NC1CCCC1. The van der Waals surface area contributed by atoms with E-state index in [4.69, 9.17) is 5.11 Å². The summed E-state index contributed by atoms with van der Waals surface area (Å²) >= 11 is 0. The van der Waals surface area contributed by atoms with Gasteiger partial charge in [-0.3, -0.25) is 4.79 Å². The summed E-state index contributed by atoms with van der Waals surface area (Å²) in [6, 6.07) is 0.284. The number of carbonyl (C=O) groups is 1. The molecule has 1 saturated carbocycles. The van der Waals surface area contributed by atoms with Gasteiger partial charge in [0.25, 0.3) is 0 Å². The van der Waals surface area contributed by atoms with Crippen molar-refractivity contribution in [3.63, 3.8) is 0 Å². The fraction of sp³-hybridized carbons (Fsp3) is 0.929. The molecular weight excluding hydrogens is 228 g/mol. The van der Waals surface area contributed by atoms with Crippen LogP contribution in [0.3, 0.4) is 0 Å². The molecule has 0 heterocycles. The lowest BCUT2D eigenvalue weighted by Gasteiger charge is -2.18. The zero-order chi connectivity index (χ0) is 13.4. The van der Waals surface area contributed by atoms with E-state index in [0.29, 0.717) is 12.0 Å². The smallest absolute Gasteiger partial charge is 0.237 e. The van der Waals surface area contributed by atoms with E-state index in [0.717, 1.165) is 32.2 Å². The highest BCUT2D eigenvalue weighted by atomic mass is 16.3. The fourth-order valence-corrected chi connectivity index (χ4v) is 2.35. The topological polar surface area (TPSA) is 61.4 Å². The quantitative estimate of drug-likeness (QED) is 0.576. The van der Waals surface area contributed by atoms with Crippen molar-refractivity contribution in [3.8, 4) is 0 Å². The van der Waals surface area contributed by atoms with Crippen LogP contribution in [0.25, 0.3) is 0 Å². The van der Waals surface area contributed by atoms with Crippen LogP contribution < -0.4 is 10.6 Å². The molecule has 4 heteroatoms. The van der Waals surface area contributed by atoms with Gasteiger partial charge in [0, 0.05) is 12.6 Å². The van der Waals surface area contributed by atoms with Crippen molar-refractivity contribution < 1.29 is 9.90 Å². The predicted molar refractivity (Wildman–Crippen MR) is 73.3 cm³/mol. The molecule has 106 valence electrons. The second-order valence-electron chi connectivity index (χ2n) is 5.60. The number of hydrogen-bond acceptors (Lipinski definition) is 3. The summed E-state index contributed by atoms with van der Waals surface area (Å²) in [7, 11) is 0. The largest absolute Gasteiger partial charge is 0.396 e. The molecule has 0 saturated heterocycles. The molecule has 3 N–H and O–H groups in total. The first-order valence-corrected chi connectivity index (χ1v) is 7.28. The van der Waals surface area contributed by atoms with Crippen molar-refractivity contribution in [2.24, 2.45) is 5.92 Å². The standard InChI is InChI=1S/C14H28N2O2/c1-11(10-17)6-5-9-15-12(2)14(18)16-13-7-3-4-8-13/h11-13,15,17H,3-10H2,1-2H3,(H,16,18). The average Bonchev–Trinajstić information content (AvgIpc) is 2.86. The van der Waals surface area contributed by atoms with Crippen LogP contribution in [0.1, 0.15) is 52.4 Å². The Kier molecular flexibility index (Phi) is 7.28. The molecule has 0 aromatic heterocycles. The van der Waals surface area contributed by atoms with Crippen LogP contribution in [0.2, 0.25) is 0 Å². The molecule has 0 aromatic rings. The Balaban J connectivity index is 2.07. The Morgan fingerprint density at radius 2 is 2.00 bits per heavy atom. The van der Waals surface area contributed by atoms with Gasteiger partial charge in [-0.05, 0) is 45.1 Å². The summed E-state index contributed by atoms with van der Waals surface area (Å²) < 4.78 is 0. The number of amides is 1. The van der Waals surface area contributed by atoms with E-state index < -0.39 is 0 Å². The molecule has 0 aromatic carbocycles. The predicted octanol–water partition coefficient (Wildman–Crippen LogP) is 1.43. The first kappa shape index (κ1) is 15.4. The van der Waals surface area contributed by atoms with Crippen LogP contribution in [-0.4, -0.2) is 36.2 Å². The minimum absolute atomic E-state index is 0.116.